The average molecular weight is 1670 g/mol. The Balaban J connectivity index is 0.701. The van der Waals surface area contributed by atoms with Gasteiger partial charge in [-0.1, -0.05) is 77.3 Å². The van der Waals surface area contributed by atoms with E-state index in [0.717, 1.165) is 79.7 Å². The number of Topliss-reactive ketones (excluding diaryl/α,β-unsaturated/α-hetero) is 3. The SMILES string of the molecule is CCC(=O)C[C@@H](CSC1CC(=O)N(CCCCCC(=O)N[C@H](C(=O)C[C@@H](CCCNC(N)=O)C(=O)Nc2ccc(COC(=O)N(CCOCCN3CCC(CC(=O)c4ccc(Cc5ncc6c(n5)N(C5CCCC5)[C@H](CC)C(=O)N6C)c(OC)c4)CC3)CC(=O)Nc3cccc4c3CN(C3CCC(=O)NC3=O)C4=O)cc2)C(C)C)C1=O)C(=O)O. The lowest BCUT2D eigenvalue weighted by Crippen LogP contribution is -2.55. The number of hydrogen-bond donors (Lipinski definition) is 7. The van der Waals surface area contributed by atoms with Gasteiger partial charge in [-0.3, -0.25) is 77.4 Å². The van der Waals surface area contributed by atoms with Crippen LogP contribution in [0.25, 0.3) is 0 Å². The van der Waals surface area contributed by atoms with Crippen molar-refractivity contribution in [3.63, 3.8) is 0 Å². The van der Waals surface area contributed by atoms with Crippen molar-refractivity contribution in [3.05, 3.63) is 101 Å². The zero-order valence-corrected chi connectivity index (χ0v) is 69.6. The number of aliphatic carboxylic acids is 1. The first-order valence-corrected chi connectivity index (χ1v) is 42.5. The monoisotopic (exact) mass is 1660 g/mol. The number of nitrogens with one attached hydrogen (secondary N) is 5. The highest BCUT2D eigenvalue weighted by Gasteiger charge is 2.44. The van der Waals surface area contributed by atoms with E-state index in [1.54, 1.807) is 94.6 Å². The topological polar surface area (TPSA) is 435 Å². The van der Waals surface area contributed by atoms with Gasteiger partial charge in [-0.2, -0.15) is 0 Å². The second-order valence-corrected chi connectivity index (χ2v) is 33.0. The summed E-state index contributed by atoms with van der Waals surface area (Å²) in [6.07, 6.45) is 9.60. The molecule has 12 amide bonds. The maximum atomic E-state index is 14.1. The Hall–Kier alpha value is -10.7. The number of hydrogen-bond acceptors (Lipinski definition) is 23. The maximum Gasteiger partial charge on any atom is 0.410 e. The van der Waals surface area contributed by atoms with E-state index in [4.69, 9.17) is 29.9 Å². The summed E-state index contributed by atoms with van der Waals surface area (Å²) >= 11 is 1.06. The summed E-state index contributed by atoms with van der Waals surface area (Å²) in [6.45, 7) is 8.83. The number of ketones is 3. The fraction of sp³-hybridized carbons (Fsp3) is 0.565. The molecule has 0 radical (unpaired) electrons. The Bertz CT molecular complexity index is 4400. The van der Waals surface area contributed by atoms with E-state index in [0.29, 0.717) is 84.7 Å². The third-order valence-electron chi connectivity index (χ3n) is 23.1. The number of amides is 12. The predicted octanol–water partition coefficient (Wildman–Crippen LogP) is 7.51. The van der Waals surface area contributed by atoms with E-state index < -0.39 is 101 Å². The number of imide groups is 2. The molecule has 1 aromatic heterocycles. The molecule has 3 aromatic carbocycles. The molecule has 10 rings (SSSR count). The Morgan fingerprint density at radius 2 is 1.59 bits per heavy atom. The van der Waals surface area contributed by atoms with E-state index in [-0.39, 0.29) is 168 Å². The largest absolute Gasteiger partial charge is 0.496 e. The number of unbranched alkanes of at least 4 members (excludes halogenated alkanes) is 2. The van der Waals surface area contributed by atoms with Gasteiger partial charge in [-0.05, 0) is 125 Å². The van der Waals surface area contributed by atoms with Crippen molar-refractivity contribution in [3.8, 4) is 5.75 Å². The van der Waals surface area contributed by atoms with E-state index >= 15 is 0 Å². The van der Waals surface area contributed by atoms with Crippen LogP contribution in [-0.4, -0.2) is 232 Å². The number of carboxylic acid groups (broad SMARTS) is 1. The first-order valence-electron chi connectivity index (χ1n) is 41.5. The van der Waals surface area contributed by atoms with E-state index in [1.807, 2.05) is 19.1 Å². The van der Waals surface area contributed by atoms with Crippen LogP contribution in [0.3, 0.4) is 0 Å². The van der Waals surface area contributed by atoms with Crippen LogP contribution in [0.15, 0.2) is 66.9 Å². The molecule has 4 aromatic rings. The number of piperidine rings is 2. The number of aromatic nitrogens is 2. The Kier molecular flexibility index (Phi) is 33.0. The third kappa shape index (κ3) is 24.5. The first kappa shape index (κ1) is 90.6. The highest BCUT2D eigenvalue weighted by atomic mass is 32.2. The minimum absolute atomic E-state index is 0.00705. The normalized spacial score (nSPS) is 18.5. The number of likely N-dealkylation sites (N-methyl/N-ethyl adjacent to an activating group) is 1. The molecule has 119 heavy (non-hydrogen) atoms. The molecule has 2 unspecified atom stereocenters. The zero-order chi connectivity index (χ0) is 85.6. The maximum absolute atomic E-state index is 14.1. The van der Waals surface area contributed by atoms with Gasteiger partial charge in [0, 0.05) is 142 Å². The molecule has 4 fully saturated rings. The summed E-state index contributed by atoms with van der Waals surface area (Å²) in [5.74, 6) is -5.74. The molecule has 6 aliphatic rings. The Morgan fingerprint density at radius 3 is 2.29 bits per heavy atom. The van der Waals surface area contributed by atoms with Gasteiger partial charge in [0.05, 0.1) is 43.7 Å². The molecule has 8 N–H and O–H groups in total. The summed E-state index contributed by atoms with van der Waals surface area (Å²) in [5.41, 5.74) is 9.23. The van der Waals surface area contributed by atoms with Crippen LogP contribution in [0.5, 0.6) is 5.75 Å². The number of ether oxygens (including phenoxy) is 3. The minimum Gasteiger partial charge on any atom is -0.496 e. The summed E-state index contributed by atoms with van der Waals surface area (Å²) in [4.78, 5) is 216. The van der Waals surface area contributed by atoms with Gasteiger partial charge in [0.1, 0.15) is 48.3 Å². The lowest BCUT2D eigenvalue weighted by molar-refractivity contribution is -0.143. The number of carbonyl (C=O) groups excluding carboxylic acids is 14. The van der Waals surface area contributed by atoms with Crippen molar-refractivity contribution in [1.82, 2.24) is 45.5 Å². The van der Waals surface area contributed by atoms with Crippen molar-refractivity contribution in [2.24, 2.45) is 29.4 Å². The number of nitrogens with two attached hydrogens (primary N) is 1. The highest BCUT2D eigenvalue weighted by molar-refractivity contribution is 8.00. The number of primary amides is 1. The van der Waals surface area contributed by atoms with Crippen LogP contribution in [0.2, 0.25) is 0 Å². The summed E-state index contributed by atoms with van der Waals surface area (Å²) in [7, 11) is 3.36. The molecule has 1 saturated carbocycles. The number of likely N-dealkylation sites (tertiary alicyclic amines) is 2. The van der Waals surface area contributed by atoms with E-state index in [1.165, 1.54) is 9.80 Å². The van der Waals surface area contributed by atoms with Gasteiger partial charge in [0.2, 0.25) is 47.3 Å². The first-order chi connectivity index (χ1) is 57.1. The molecule has 33 nitrogen and oxygen atoms in total. The summed E-state index contributed by atoms with van der Waals surface area (Å²) in [5, 5.41) is 22.1. The molecule has 34 heteroatoms. The lowest BCUT2D eigenvalue weighted by Gasteiger charge is -2.43. The summed E-state index contributed by atoms with van der Waals surface area (Å²) in [6, 6.07) is 14.0. The number of fused-ring (bicyclic) bond motifs is 2. The number of anilines is 4. The average Bonchev–Trinajstić information content (AvgIpc) is 1.56. The van der Waals surface area contributed by atoms with Crippen molar-refractivity contribution >= 4 is 123 Å². The fourth-order valence-corrected chi connectivity index (χ4v) is 17.5. The third-order valence-corrected chi connectivity index (χ3v) is 24.4. The van der Waals surface area contributed by atoms with Crippen LogP contribution in [0.1, 0.15) is 199 Å². The number of rotatable bonds is 44. The molecular formula is C85H112N14O19S. The fourth-order valence-electron chi connectivity index (χ4n) is 16.2. The number of benzene rings is 3. The van der Waals surface area contributed by atoms with Gasteiger partial charge in [0.25, 0.3) is 5.91 Å². The molecule has 0 bridgehead atoms. The minimum atomic E-state index is -1.14. The van der Waals surface area contributed by atoms with E-state index in [2.05, 4.69) is 36.4 Å². The molecule has 3 saturated heterocycles. The quantitative estimate of drug-likeness (QED) is 0.0128. The highest BCUT2D eigenvalue weighted by Crippen LogP contribution is 2.41. The van der Waals surface area contributed by atoms with Gasteiger partial charge < -0.3 is 65.9 Å². The molecular weight excluding hydrogens is 1550 g/mol. The van der Waals surface area contributed by atoms with Gasteiger partial charge in [-0.15, -0.1) is 11.8 Å². The van der Waals surface area contributed by atoms with Gasteiger partial charge >= 0.3 is 18.1 Å². The lowest BCUT2D eigenvalue weighted by atomic mass is 9.89. The number of carboxylic acids is 1. The van der Waals surface area contributed by atoms with Crippen LogP contribution >= 0.6 is 11.8 Å². The number of thioether (sulfide) groups is 1. The molecule has 5 aliphatic heterocycles. The van der Waals surface area contributed by atoms with Crippen molar-refractivity contribution in [1.29, 1.82) is 0 Å². The van der Waals surface area contributed by atoms with E-state index in [9.17, 15) is 77.0 Å². The van der Waals surface area contributed by atoms with Crippen molar-refractivity contribution < 1.29 is 91.2 Å². The smallest absolute Gasteiger partial charge is 0.410 e. The number of carbonyl (C=O) groups is 15. The number of urea groups is 1. The van der Waals surface area contributed by atoms with Crippen molar-refractivity contribution in [2.45, 2.75) is 205 Å². The van der Waals surface area contributed by atoms with Crippen LogP contribution in [0, 0.1) is 23.7 Å². The zero-order valence-electron chi connectivity index (χ0n) is 68.7. The second-order valence-electron chi connectivity index (χ2n) is 31.8. The number of nitrogens with zero attached hydrogens (tertiary/aromatic N) is 8. The molecule has 6 atom stereocenters. The van der Waals surface area contributed by atoms with Crippen LogP contribution in [0.4, 0.5) is 32.5 Å². The Labute approximate surface area is 696 Å². The van der Waals surface area contributed by atoms with Crippen LogP contribution in [-0.2, 0) is 81.8 Å². The molecule has 6 heterocycles. The second kappa shape index (κ2) is 43.3. The van der Waals surface area contributed by atoms with Gasteiger partial charge in [0.15, 0.2) is 17.4 Å². The Morgan fingerprint density at radius 1 is 0.832 bits per heavy atom. The molecule has 642 valence electrons. The predicted molar refractivity (Wildman–Crippen MR) is 441 cm³/mol. The number of methoxy groups -OCH3 is 1. The molecule has 0 spiro atoms. The van der Waals surface area contributed by atoms with Crippen molar-refractivity contribution in [2.75, 3.05) is 99.4 Å². The molecule has 1 aliphatic carbocycles. The summed E-state index contributed by atoms with van der Waals surface area (Å²) < 4.78 is 17.8. The van der Waals surface area contributed by atoms with Crippen LogP contribution < -0.4 is 46.9 Å². The standard InChI is InChI=1S/C85H112N14O19S/c1-7-60(100)41-57(83(112)113)50-119-70-45-75(106)97(82(70)111)33-13-9-10-21-72(103)92-76(51(3)4)68(102)42-56(16-15-32-87-84(86)114)78(107)89-58-26-22-53(23-27-58)49-118-85(115)96(48-74(105)90-63-20-14-19-61-62(63)47-98(80(61)109)65-28-29-73(104)93-79(65)108)37-39-117-38-36-95-34-30-52(31-35-95)40-67(101)54-24-25-55(69(43-54)116-6)44-71-88-46-66-77(91-71)99(59-17-11-12-18-59)64(8-2)81(110)94(66)5/h14,19-20,22-27,43,46,51-52,56-57,59,64-65,70,76H,7-13,15-18,21,28-42,44-45,47-50H2,1-6H3,(H,89,107)(H,90,105)(H,92,103)(H,112,113)(H3,86,87,114)(H,93,104,108)/t56-,57+,64-,65?,70?,76+/m1/s1. The van der Waals surface area contributed by atoms with Gasteiger partial charge in [-0.25, -0.2) is 19.6 Å².